The van der Waals surface area contributed by atoms with E-state index in [4.69, 9.17) is 0 Å². The molecule has 2 nitrogen and oxygen atoms in total. The molecule has 0 aromatic heterocycles. The average Bonchev–Trinajstić information content (AvgIpc) is 2.39. The van der Waals surface area contributed by atoms with E-state index in [9.17, 15) is 0 Å². The van der Waals surface area contributed by atoms with Crippen molar-refractivity contribution >= 4 is 0 Å². The summed E-state index contributed by atoms with van der Waals surface area (Å²) in [5.74, 6) is 0. The predicted molar refractivity (Wildman–Crippen MR) is 81.0 cm³/mol. The normalized spacial score (nSPS) is 20.2. The van der Waals surface area contributed by atoms with Gasteiger partial charge in [-0.3, -0.25) is 0 Å². The summed E-state index contributed by atoms with van der Waals surface area (Å²) in [6.45, 7) is 8.02. The number of hydrogen-bond donors (Lipinski definition) is 0. The van der Waals surface area contributed by atoms with Crippen molar-refractivity contribution < 1.29 is 0 Å². The monoisotopic (exact) mass is 250 g/mol. The van der Waals surface area contributed by atoms with Crippen molar-refractivity contribution in [1.82, 2.24) is 9.80 Å². The summed E-state index contributed by atoms with van der Waals surface area (Å²) in [5, 5.41) is 0. The quantitative estimate of drug-likeness (QED) is 0.667. The van der Waals surface area contributed by atoms with E-state index in [1.807, 2.05) is 0 Å². The number of nitrogens with zero attached hydrogens (tertiary/aromatic N) is 2. The Morgan fingerprint density at radius 1 is 1.33 bits per heavy atom. The van der Waals surface area contributed by atoms with Crippen LogP contribution in [0.1, 0.15) is 39.5 Å². The summed E-state index contributed by atoms with van der Waals surface area (Å²) in [5.41, 5.74) is 1.47. The van der Waals surface area contributed by atoms with Crippen LogP contribution in [-0.4, -0.2) is 49.6 Å². The molecular weight excluding hydrogens is 220 g/mol. The predicted octanol–water partition coefficient (Wildman–Crippen LogP) is 3.32. The first-order chi connectivity index (χ1) is 8.67. The van der Waals surface area contributed by atoms with Gasteiger partial charge in [0.1, 0.15) is 0 Å². The topological polar surface area (TPSA) is 6.48 Å². The first-order valence-electron chi connectivity index (χ1n) is 7.37. The lowest BCUT2D eigenvalue weighted by molar-refractivity contribution is 0.146. The fourth-order valence-corrected chi connectivity index (χ4v) is 2.52. The van der Waals surface area contributed by atoms with Crippen LogP contribution in [0, 0.1) is 0 Å². The second kappa shape index (κ2) is 8.49. The number of rotatable bonds is 6. The van der Waals surface area contributed by atoms with Gasteiger partial charge in [-0.05, 0) is 59.8 Å². The molecule has 0 unspecified atom stereocenters. The molecule has 1 aliphatic heterocycles. The second-order valence-corrected chi connectivity index (χ2v) is 5.44. The van der Waals surface area contributed by atoms with E-state index in [2.05, 4.69) is 56.0 Å². The van der Waals surface area contributed by atoms with Crippen molar-refractivity contribution in [2.45, 2.75) is 45.6 Å². The van der Waals surface area contributed by atoms with E-state index in [-0.39, 0.29) is 0 Å². The van der Waals surface area contributed by atoms with Crippen LogP contribution in [-0.2, 0) is 0 Å². The summed E-state index contributed by atoms with van der Waals surface area (Å²) >= 11 is 0. The van der Waals surface area contributed by atoms with Crippen molar-refractivity contribution in [3.8, 4) is 0 Å². The van der Waals surface area contributed by atoms with Crippen LogP contribution in [0.3, 0.4) is 0 Å². The molecule has 1 aliphatic rings. The molecule has 1 heterocycles. The van der Waals surface area contributed by atoms with Gasteiger partial charge < -0.3 is 9.80 Å². The Morgan fingerprint density at radius 3 is 2.56 bits per heavy atom. The van der Waals surface area contributed by atoms with Crippen molar-refractivity contribution in [2.24, 2.45) is 0 Å². The van der Waals surface area contributed by atoms with Gasteiger partial charge in [-0.15, -0.1) is 0 Å². The van der Waals surface area contributed by atoms with Gasteiger partial charge in [0.25, 0.3) is 0 Å². The first-order valence-corrected chi connectivity index (χ1v) is 7.37. The van der Waals surface area contributed by atoms with Gasteiger partial charge >= 0.3 is 0 Å². The van der Waals surface area contributed by atoms with Crippen molar-refractivity contribution in [3.63, 3.8) is 0 Å². The Balaban J connectivity index is 2.31. The van der Waals surface area contributed by atoms with Crippen LogP contribution in [0.5, 0.6) is 0 Å². The van der Waals surface area contributed by atoms with Crippen molar-refractivity contribution in [2.75, 3.05) is 33.7 Å². The molecule has 0 radical (unpaired) electrons. The lowest BCUT2D eigenvalue weighted by atomic mass is 10.0. The minimum absolute atomic E-state index is 0.787. The highest BCUT2D eigenvalue weighted by molar-refractivity contribution is 5.17. The molecule has 18 heavy (non-hydrogen) atoms. The molecular formula is C16H30N2. The van der Waals surface area contributed by atoms with E-state index in [0.29, 0.717) is 0 Å². The summed E-state index contributed by atoms with van der Waals surface area (Å²) < 4.78 is 0. The number of allylic oxidation sites excluding steroid dienone is 3. The van der Waals surface area contributed by atoms with Crippen LogP contribution in [0.4, 0.5) is 0 Å². The minimum atomic E-state index is 0.787. The molecule has 0 N–H and O–H groups in total. The Labute approximate surface area is 113 Å². The van der Waals surface area contributed by atoms with Crippen LogP contribution in [0.15, 0.2) is 23.8 Å². The van der Waals surface area contributed by atoms with Gasteiger partial charge in [0.2, 0.25) is 0 Å². The standard InChI is InChI=1S/C16H30N2/c1-5-7-8-15(6-2)9-14-18(4)16-10-12-17(3)13-11-16/h6-8,16H,5,9-14H2,1-4H3/b8-7-,15-6+. The molecule has 104 valence electrons. The van der Waals surface area contributed by atoms with Crippen LogP contribution in [0.25, 0.3) is 0 Å². The summed E-state index contributed by atoms with van der Waals surface area (Å²) in [6.07, 6.45) is 11.7. The van der Waals surface area contributed by atoms with E-state index < -0.39 is 0 Å². The maximum atomic E-state index is 2.55. The van der Waals surface area contributed by atoms with E-state index in [1.54, 1.807) is 0 Å². The van der Waals surface area contributed by atoms with E-state index in [0.717, 1.165) is 12.5 Å². The Kier molecular flexibility index (Phi) is 7.29. The highest BCUT2D eigenvalue weighted by Gasteiger charge is 2.19. The van der Waals surface area contributed by atoms with E-state index >= 15 is 0 Å². The van der Waals surface area contributed by atoms with Crippen LogP contribution < -0.4 is 0 Å². The van der Waals surface area contributed by atoms with Gasteiger partial charge in [-0.25, -0.2) is 0 Å². The van der Waals surface area contributed by atoms with Crippen LogP contribution >= 0.6 is 0 Å². The van der Waals surface area contributed by atoms with Gasteiger partial charge in [0, 0.05) is 12.6 Å². The molecule has 1 fully saturated rings. The maximum absolute atomic E-state index is 2.55. The van der Waals surface area contributed by atoms with Gasteiger partial charge in [0.05, 0.1) is 0 Å². The zero-order valence-corrected chi connectivity index (χ0v) is 12.7. The third-order valence-corrected chi connectivity index (χ3v) is 4.00. The molecule has 0 aliphatic carbocycles. The zero-order valence-electron chi connectivity index (χ0n) is 12.7. The van der Waals surface area contributed by atoms with Gasteiger partial charge in [-0.1, -0.05) is 30.7 Å². The molecule has 0 aromatic carbocycles. The molecule has 0 spiro atoms. The fourth-order valence-electron chi connectivity index (χ4n) is 2.52. The van der Waals surface area contributed by atoms with Crippen molar-refractivity contribution in [1.29, 1.82) is 0 Å². The smallest absolute Gasteiger partial charge is 0.0117 e. The summed E-state index contributed by atoms with van der Waals surface area (Å²) in [4.78, 5) is 4.99. The SMILES string of the molecule is C/C=C(\C=C/CC)CCN(C)C1CCN(C)CC1. The largest absolute Gasteiger partial charge is 0.306 e. The van der Waals surface area contributed by atoms with Gasteiger partial charge in [-0.2, -0.15) is 0 Å². The fraction of sp³-hybridized carbons (Fsp3) is 0.750. The molecule has 2 heteroatoms. The zero-order chi connectivity index (χ0) is 13.4. The summed E-state index contributed by atoms with van der Waals surface area (Å²) in [7, 11) is 4.51. The third-order valence-electron chi connectivity index (χ3n) is 4.00. The number of hydrogen-bond acceptors (Lipinski definition) is 2. The molecule has 0 bridgehead atoms. The van der Waals surface area contributed by atoms with Crippen molar-refractivity contribution in [3.05, 3.63) is 23.8 Å². The summed E-state index contributed by atoms with van der Waals surface area (Å²) in [6, 6.07) is 0.787. The second-order valence-electron chi connectivity index (χ2n) is 5.44. The number of piperidine rings is 1. The maximum Gasteiger partial charge on any atom is 0.0117 e. The van der Waals surface area contributed by atoms with Crippen LogP contribution in [0.2, 0.25) is 0 Å². The molecule has 0 saturated carbocycles. The van der Waals surface area contributed by atoms with E-state index in [1.165, 1.54) is 44.5 Å². The minimum Gasteiger partial charge on any atom is -0.306 e. The third kappa shape index (κ3) is 5.36. The lowest BCUT2D eigenvalue weighted by Gasteiger charge is -2.35. The average molecular weight is 250 g/mol. The molecule has 1 rings (SSSR count). The molecule has 0 amide bonds. The van der Waals surface area contributed by atoms with Gasteiger partial charge in [0.15, 0.2) is 0 Å². The molecule has 1 saturated heterocycles. The molecule has 0 atom stereocenters. The highest BCUT2D eigenvalue weighted by atomic mass is 15.2. The Morgan fingerprint density at radius 2 is 2.00 bits per heavy atom. The lowest BCUT2D eigenvalue weighted by Crippen LogP contribution is -2.42. The Hall–Kier alpha value is -0.600. The Bertz CT molecular complexity index is 273. The highest BCUT2D eigenvalue weighted by Crippen LogP contribution is 2.15. The number of likely N-dealkylation sites (tertiary alicyclic amines) is 1. The first kappa shape index (κ1) is 15.5. The molecule has 0 aromatic rings.